The van der Waals surface area contributed by atoms with E-state index in [9.17, 15) is 8.42 Å². The maximum atomic E-state index is 10.3. The minimum Gasteiger partial charge on any atom is -0.282 e. The first-order valence-electron chi connectivity index (χ1n) is 2.45. The molecule has 0 aromatic carbocycles. The van der Waals surface area contributed by atoms with Crippen molar-refractivity contribution in [3.8, 4) is 0 Å². The Labute approximate surface area is 60.1 Å². The van der Waals surface area contributed by atoms with Gasteiger partial charge in [0.25, 0.3) is 10.1 Å². The minimum atomic E-state index is -4.11. The van der Waals surface area contributed by atoms with Gasteiger partial charge in [0.05, 0.1) is 4.91 Å². The second-order valence-electron chi connectivity index (χ2n) is 1.48. The van der Waals surface area contributed by atoms with Gasteiger partial charge in [-0.2, -0.15) is 8.42 Å². The van der Waals surface area contributed by atoms with Crippen LogP contribution in [-0.2, 0) is 10.1 Å². The van der Waals surface area contributed by atoms with Gasteiger partial charge in [-0.05, 0) is 12.2 Å². The molecule has 0 radical (unpaired) electrons. The van der Waals surface area contributed by atoms with E-state index in [0.717, 1.165) is 12.2 Å². The maximum absolute atomic E-state index is 10.3. The van der Waals surface area contributed by atoms with Crippen molar-refractivity contribution >= 4 is 10.1 Å². The van der Waals surface area contributed by atoms with Crippen molar-refractivity contribution < 1.29 is 13.0 Å². The fourth-order valence-electron chi connectivity index (χ4n) is 0.375. The lowest BCUT2D eigenvalue weighted by molar-refractivity contribution is 0.492. The second-order valence-corrected chi connectivity index (χ2v) is 2.91. The van der Waals surface area contributed by atoms with Gasteiger partial charge in [-0.3, -0.25) is 4.55 Å². The van der Waals surface area contributed by atoms with Crippen LogP contribution in [0, 0.1) is 0 Å². The molecule has 0 rings (SSSR count). The number of hydrogen-bond donors (Lipinski definition) is 1. The van der Waals surface area contributed by atoms with E-state index in [1.165, 1.54) is 6.08 Å². The zero-order valence-electron chi connectivity index (χ0n) is 5.32. The zero-order valence-corrected chi connectivity index (χ0v) is 6.13. The highest BCUT2D eigenvalue weighted by atomic mass is 32.2. The molecule has 0 aliphatic rings. The first-order chi connectivity index (χ1) is 4.52. The molecule has 3 nitrogen and oxygen atoms in total. The van der Waals surface area contributed by atoms with Gasteiger partial charge >= 0.3 is 0 Å². The molecule has 0 aromatic rings. The SMILES string of the molecule is C=CC=C(C=C)S(=O)(=O)O. The highest BCUT2D eigenvalue weighted by molar-refractivity contribution is 7.90. The molecule has 1 N–H and O–H groups in total. The van der Waals surface area contributed by atoms with Crippen LogP contribution in [0.3, 0.4) is 0 Å². The molecule has 0 amide bonds. The number of allylic oxidation sites excluding steroid dienone is 3. The highest BCUT2D eigenvalue weighted by Crippen LogP contribution is 2.03. The van der Waals surface area contributed by atoms with Crippen LogP contribution in [0.4, 0.5) is 0 Å². The van der Waals surface area contributed by atoms with Crippen LogP contribution in [0.2, 0.25) is 0 Å². The summed E-state index contributed by atoms with van der Waals surface area (Å²) < 4.78 is 29.0. The average molecular weight is 160 g/mol. The third kappa shape index (κ3) is 2.61. The number of hydrogen-bond acceptors (Lipinski definition) is 2. The van der Waals surface area contributed by atoms with E-state index in [0.29, 0.717) is 0 Å². The van der Waals surface area contributed by atoms with Crippen molar-refractivity contribution in [2.75, 3.05) is 0 Å². The molecule has 0 saturated carbocycles. The highest BCUT2D eigenvalue weighted by Gasteiger charge is 2.06. The normalized spacial score (nSPS) is 12.7. The summed E-state index contributed by atoms with van der Waals surface area (Å²) in [5.74, 6) is 0. The van der Waals surface area contributed by atoms with Crippen LogP contribution >= 0.6 is 0 Å². The van der Waals surface area contributed by atoms with Gasteiger partial charge < -0.3 is 0 Å². The lowest BCUT2D eigenvalue weighted by Crippen LogP contribution is -1.98. The summed E-state index contributed by atoms with van der Waals surface area (Å²) in [5.41, 5.74) is 0. The van der Waals surface area contributed by atoms with E-state index in [1.807, 2.05) is 0 Å². The standard InChI is InChI=1S/C6H8O3S/c1-3-5-6(4-2)10(7,8)9/h3-5H,1-2H2,(H,7,8,9). The Hall–Kier alpha value is -0.870. The van der Waals surface area contributed by atoms with E-state index in [4.69, 9.17) is 4.55 Å². The Morgan fingerprint density at radius 1 is 1.40 bits per heavy atom. The first-order valence-corrected chi connectivity index (χ1v) is 3.89. The van der Waals surface area contributed by atoms with Crippen molar-refractivity contribution in [3.05, 3.63) is 36.3 Å². The van der Waals surface area contributed by atoms with Crippen LogP contribution in [0.5, 0.6) is 0 Å². The largest absolute Gasteiger partial charge is 0.294 e. The van der Waals surface area contributed by atoms with Crippen molar-refractivity contribution in [1.82, 2.24) is 0 Å². The average Bonchev–Trinajstić information content (AvgIpc) is 1.80. The molecule has 10 heavy (non-hydrogen) atoms. The summed E-state index contributed by atoms with van der Waals surface area (Å²) in [6.07, 6.45) is 3.45. The fraction of sp³-hybridized carbons (Fsp3) is 0. The summed E-state index contributed by atoms with van der Waals surface area (Å²) in [7, 11) is -4.11. The van der Waals surface area contributed by atoms with Crippen molar-refractivity contribution in [2.24, 2.45) is 0 Å². The van der Waals surface area contributed by atoms with Gasteiger partial charge in [0, 0.05) is 0 Å². The molecular weight excluding hydrogens is 152 g/mol. The Morgan fingerprint density at radius 2 is 1.90 bits per heavy atom. The van der Waals surface area contributed by atoms with E-state index < -0.39 is 10.1 Å². The Bertz CT molecular complexity index is 259. The summed E-state index contributed by atoms with van der Waals surface area (Å²) >= 11 is 0. The van der Waals surface area contributed by atoms with Crippen LogP contribution in [-0.4, -0.2) is 13.0 Å². The Kier molecular flexibility index (Phi) is 3.05. The van der Waals surface area contributed by atoms with Gasteiger partial charge in [-0.25, -0.2) is 0 Å². The lowest BCUT2D eigenvalue weighted by Gasteiger charge is -1.92. The van der Waals surface area contributed by atoms with Crippen LogP contribution in [0.1, 0.15) is 0 Å². The molecule has 0 atom stereocenters. The molecule has 0 bridgehead atoms. The smallest absolute Gasteiger partial charge is 0.282 e. The molecule has 4 heteroatoms. The molecule has 0 fully saturated rings. The van der Waals surface area contributed by atoms with Crippen LogP contribution in [0.25, 0.3) is 0 Å². The second kappa shape index (κ2) is 3.34. The molecule has 0 unspecified atom stereocenters. The van der Waals surface area contributed by atoms with E-state index >= 15 is 0 Å². The molecule has 0 saturated heterocycles. The molecule has 0 heterocycles. The fourth-order valence-corrected chi connectivity index (χ4v) is 0.854. The van der Waals surface area contributed by atoms with Gasteiger partial charge in [-0.15, -0.1) is 0 Å². The third-order valence-electron chi connectivity index (χ3n) is 0.781. The zero-order chi connectivity index (χ0) is 8.20. The van der Waals surface area contributed by atoms with Crippen molar-refractivity contribution in [2.45, 2.75) is 0 Å². The van der Waals surface area contributed by atoms with Crippen molar-refractivity contribution in [1.29, 1.82) is 0 Å². The van der Waals surface area contributed by atoms with Gasteiger partial charge in [0.1, 0.15) is 0 Å². The van der Waals surface area contributed by atoms with E-state index in [1.54, 1.807) is 0 Å². The molecular formula is C6H8O3S. The van der Waals surface area contributed by atoms with Gasteiger partial charge in [0.15, 0.2) is 0 Å². The Morgan fingerprint density at radius 3 is 2.00 bits per heavy atom. The summed E-state index contributed by atoms with van der Waals surface area (Å²) in [6, 6.07) is 0. The number of rotatable bonds is 3. The minimum absolute atomic E-state index is 0.248. The van der Waals surface area contributed by atoms with Gasteiger partial charge in [0.2, 0.25) is 0 Å². The summed E-state index contributed by atoms with van der Waals surface area (Å²) in [4.78, 5) is -0.248. The summed E-state index contributed by atoms with van der Waals surface area (Å²) in [5, 5.41) is 0. The maximum Gasteiger partial charge on any atom is 0.294 e. The van der Waals surface area contributed by atoms with Gasteiger partial charge in [-0.1, -0.05) is 19.2 Å². The van der Waals surface area contributed by atoms with Crippen molar-refractivity contribution in [3.63, 3.8) is 0 Å². The monoisotopic (exact) mass is 160 g/mol. The quantitative estimate of drug-likeness (QED) is 0.497. The topological polar surface area (TPSA) is 54.4 Å². The Balaban J connectivity index is 4.89. The molecule has 0 spiro atoms. The lowest BCUT2D eigenvalue weighted by atomic mass is 10.5. The third-order valence-corrected chi connectivity index (χ3v) is 1.68. The van der Waals surface area contributed by atoms with Crippen LogP contribution < -0.4 is 0 Å². The first kappa shape index (κ1) is 9.13. The van der Waals surface area contributed by atoms with Crippen LogP contribution in [0.15, 0.2) is 36.3 Å². The molecule has 0 aliphatic carbocycles. The van der Waals surface area contributed by atoms with E-state index in [-0.39, 0.29) is 4.91 Å². The molecule has 56 valence electrons. The van der Waals surface area contributed by atoms with E-state index in [2.05, 4.69) is 13.2 Å². The predicted octanol–water partition coefficient (Wildman–Crippen LogP) is 1.13. The predicted molar refractivity (Wildman–Crippen MR) is 40.0 cm³/mol. The summed E-state index contributed by atoms with van der Waals surface area (Å²) in [6.45, 7) is 6.45. The molecule has 0 aromatic heterocycles. The molecule has 0 aliphatic heterocycles.